The molecule has 1 aromatic carbocycles. The van der Waals surface area contributed by atoms with E-state index in [1.807, 2.05) is 59.1 Å². The number of hydrogen-bond donors (Lipinski definition) is 0. The number of benzene rings is 1. The third-order valence-corrected chi connectivity index (χ3v) is 8.14. The number of carbonyl (C=O) groups is 2. The molecule has 2 aliphatic rings. The van der Waals surface area contributed by atoms with Crippen LogP contribution in [0.5, 0.6) is 5.75 Å². The Labute approximate surface area is 200 Å². The van der Waals surface area contributed by atoms with Crippen molar-refractivity contribution < 1.29 is 14.3 Å². The molecule has 0 N–H and O–H groups in total. The predicted molar refractivity (Wildman–Crippen MR) is 132 cm³/mol. The van der Waals surface area contributed by atoms with Crippen molar-refractivity contribution in [3.05, 3.63) is 40.8 Å². The summed E-state index contributed by atoms with van der Waals surface area (Å²) in [5, 5.41) is 0. The second-order valence-corrected chi connectivity index (χ2v) is 10.3. The van der Waals surface area contributed by atoms with E-state index in [1.165, 1.54) is 11.3 Å². The third kappa shape index (κ3) is 4.87. The van der Waals surface area contributed by atoms with E-state index < -0.39 is 0 Å². The molecule has 2 aromatic rings. The molecule has 178 valence electrons. The second-order valence-electron chi connectivity index (χ2n) is 9.25. The maximum absolute atomic E-state index is 13.2. The van der Waals surface area contributed by atoms with Crippen molar-refractivity contribution in [2.45, 2.75) is 31.8 Å². The molecule has 0 unspecified atom stereocenters. The largest absolute Gasteiger partial charge is 0.497 e. The summed E-state index contributed by atoms with van der Waals surface area (Å²) in [4.78, 5) is 35.9. The number of likely N-dealkylation sites (tertiary alicyclic amines) is 2. The number of hydrogen-bond acceptors (Lipinski definition) is 5. The molecule has 0 radical (unpaired) electrons. The Balaban J connectivity index is 1.38. The normalized spacial score (nSPS) is 20.8. The molecule has 33 heavy (non-hydrogen) atoms. The van der Waals surface area contributed by atoms with E-state index >= 15 is 0 Å². The van der Waals surface area contributed by atoms with Crippen molar-refractivity contribution in [1.29, 1.82) is 0 Å². The maximum Gasteiger partial charge on any atom is 0.320 e. The summed E-state index contributed by atoms with van der Waals surface area (Å²) in [6.07, 6.45) is 1.82. The van der Waals surface area contributed by atoms with Crippen LogP contribution in [0.15, 0.2) is 30.3 Å². The Morgan fingerprint density at radius 3 is 2.42 bits per heavy atom. The molecule has 3 amide bonds. The molecule has 2 saturated heterocycles. The molecule has 8 heteroatoms. The number of thiophene rings is 1. The molecule has 0 aliphatic carbocycles. The smallest absolute Gasteiger partial charge is 0.320 e. The van der Waals surface area contributed by atoms with Crippen LogP contribution in [0.2, 0.25) is 0 Å². The van der Waals surface area contributed by atoms with Crippen LogP contribution in [-0.4, -0.2) is 98.1 Å². The molecule has 1 aromatic heterocycles. The zero-order chi connectivity index (χ0) is 23.7. The number of likely N-dealkylation sites (N-methyl/N-ethyl adjacent to an activating group) is 3. The number of nitrogens with zero attached hydrogens (tertiary/aromatic N) is 4. The molecule has 2 aliphatic heterocycles. The van der Waals surface area contributed by atoms with Crippen LogP contribution in [0, 0.1) is 6.92 Å². The molecule has 0 saturated carbocycles. The molecule has 2 atom stereocenters. The van der Waals surface area contributed by atoms with Crippen molar-refractivity contribution in [2.75, 3.05) is 54.4 Å². The Morgan fingerprint density at radius 2 is 1.76 bits per heavy atom. The van der Waals surface area contributed by atoms with Gasteiger partial charge in [-0.1, -0.05) is 0 Å². The van der Waals surface area contributed by atoms with Crippen LogP contribution in [0.4, 0.5) is 4.79 Å². The first-order chi connectivity index (χ1) is 15.8. The lowest BCUT2D eigenvalue weighted by Crippen LogP contribution is -2.47. The summed E-state index contributed by atoms with van der Waals surface area (Å²) >= 11 is 1.51. The topological polar surface area (TPSA) is 56.3 Å². The minimum Gasteiger partial charge on any atom is -0.497 e. The number of aryl methyl sites for hydroxylation is 1. The van der Waals surface area contributed by atoms with E-state index in [-0.39, 0.29) is 24.0 Å². The summed E-state index contributed by atoms with van der Waals surface area (Å²) < 4.78 is 5.30. The fraction of sp³-hybridized carbons (Fsp3) is 0.520. The molecule has 7 nitrogen and oxygen atoms in total. The Morgan fingerprint density at radius 1 is 1.03 bits per heavy atom. The molecule has 3 heterocycles. The fourth-order valence-corrected chi connectivity index (χ4v) is 5.90. The predicted octanol–water partition coefficient (Wildman–Crippen LogP) is 3.63. The number of methoxy groups -OCH3 is 1. The SMILES string of the molecule is COc1ccc(-c2ccc(C(=O)N(C)[C@H]3CCN(C(=O)N(C)[C@@H]4CCN(C)C4)C3)s2)c(C)c1. The highest BCUT2D eigenvalue weighted by molar-refractivity contribution is 7.17. The van der Waals surface area contributed by atoms with Gasteiger partial charge in [0.15, 0.2) is 0 Å². The van der Waals surface area contributed by atoms with Gasteiger partial charge in [-0.05, 0) is 74.8 Å². The quantitative estimate of drug-likeness (QED) is 0.670. The number of carbonyl (C=O) groups excluding carboxylic acids is 2. The van der Waals surface area contributed by atoms with Gasteiger partial charge in [-0.15, -0.1) is 11.3 Å². The Kier molecular flexibility index (Phi) is 6.95. The van der Waals surface area contributed by atoms with Crippen LogP contribution >= 0.6 is 11.3 Å². The summed E-state index contributed by atoms with van der Waals surface area (Å²) in [5.74, 6) is 0.845. The van der Waals surface area contributed by atoms with Gasteiger partial charge in [0.05, 0.1) is 18.0 Å². The first-order valence-electron chi connectivity index (χ1n) is 11.5. The van der Waals surface area contributed by atoms with Crippen molar-refractivity contribution in [2.24, 2.45) is 0 Å². The summed E-state index contributed by atoms with van der Waals surface area (Å²) in [7, 11) is 7.52. The zero-order valence-corrected chi connectivity index (χ0v) is 21.0. The Bertz CT molecular complexity index is 1020. The van der Waals surface area contributed by atoms with Gasteiger partial charge in [0.25, 0.3) is 5.91 Å². The lowest BCUT2D eigenvalue weighted by molar-refractivity contribution is 0.0739. The lowest BCUT2D eigenvalue weighted by Gasteiger charge is -2.30. The van der Waals surface area contributed by atoms with E-state index in [9.17, 15) is 9.59 Å². The standard InChI is InChI=1S/C25H34N4O3S/c1-17-14-20(32-5)6-7-21(17)22-8-9-23(33-22)24(30)27(3)19-11-13-29(16-19)25(31)28(4)18-10-12-26(2)15-18/h6-9,14,18-19H,10-13,15-16H2,1-5H3/t18-,19+/m1/s1. The molecule has 4 rings (SSSR count). The average Bonchev–Trinajstić information content (AvgIpc) is 3.57. The number of amides is 3. The van der Waals surface area contributed by atoms with Gasteiger partial charge in [0, 0.05) is 44.6 Å². The summed E-state index contributed by atoms with van der Waals surface area (Å²) in [5.41, 5.74) is 2.23. The Hall–Kier alpha value is -2.58. The number of ether oxygens (including phenoxy) is 1. The minimum absolute atomic E-state index is 0.0162. The van der Waals surface area contributed by atoms with Gasteiger partial charge >= 0.3 is 6.03 Å². The first-order valence-corrected chi connectivity index (χ1v) is 12.3. The molecular weight excluding hydrogens is 436 g/mol. The number of urea groups is 1. The van der Waals surface area contributed by atoms with E-state index in [4.69, 9.17) is 4.74 Å². The van der Waals surface area contributed by atoms with E-state index in [0.717, 1.165) is 52.6 Å². The van der Waals surface area contributed by atoms with Crippen molar-refractivity contribution in [3.8, 4) is 16.2 Å². The van der Waals surface area contributed by atoms with Gasteiger partial charge in [-0.2, -0.15) is 0 Å². The lowest BCUT2D eigenvalue weighted by atomic mass is 10.1. The van der Waals surface area contributed by atoms with Crippen LogP contribution in [0.3, 0.4) is 0 Å². The summed E-state index contributed by atoms with van der Waals surface area (Å²) in [6, 6.07) is 10.3. The molecule has 2 fully saturated rings. The first kappa shape index (κ1) is 23.6. The van der Waals surface area contributed by atoms with Crippen LogP contribution in [0.1, 0.15) is 28.1 Å². The highest BCUT2D eigenvalue weighted by atomic mass is 32.1. The van der Waals surface area contributed by atoms with Gasteiger partial charge in [-0.3, -0.25) is 4.79 Å². The molecule has 0 spiro atoms. The molecule has 0 bridgehead atoms. The van der Waals surface area contributed by atoms with Crippen LogP contribution in [0.25, 0.3) is 10.4 Å². The van der Waals surface area contributed by atoms with Crippen molar-refractivity contribution in [1.82, 2.24) is 19.6 Å². The van der Waals surface area contributed by atoms with Gasteiger partial charge in [0.1, 0.15) is 5.75 Å². The maximum atomic E-state index is 13.2. The van der Waals surface area contributed by atoms with E-state index in [1.54, 1.807) is 7.11 Å². The van der Waals surface area contributed by atoms with Gasteiger partial charge < -0.3 is 24.3 Å². The third-order valence-electron chi connectivity index (χ3n) is 7.03. The van der Waals surface area contributed by atoms with Crippen molar-refractivity contribution >= 4 is 23.3 Å². The van der Waals surface area contributed by atoms with E-state index in [2.05, 4.69) is 18.9 Å². The van der Waals surface area contributed by atoms with Crippen molar-refractivity contribution in [3.63, 3.8) is 0 Å². The zero-order valence-electron chi connectivity index (χ0n) is 20.2. The average molecular weight is 471 g/mol. The second kappa shape index (κ2) is 9.73. The summed E-state index contributed by atoms with van der Waals surface area (Å²) in [6.45, 7) is 5.28. The highest BCUT2D eigenvalue weighted by Gasteiger charge is 2.35. The van der Waals surface area contributed by atoms with E-state index in [0.29, 0.717) is 13.1 Å². The highest BCUT2D eigenvalue weighted by Crippen LogP contribution is 2.33. The number of rotatable bonds is 5. The minimum atomic E-state index is 0.0162. The fourth-order valence-electron chi connectivity index (χ4n) is 4.82. The monoisotopic (exact) mass is 470 g/mol. The van der Waals surface area contributed by atoms with Gasteiger partial charge in [0.2, 0.25) is 0 Å². The van der Waals surface area contributed by atoms with Crippen LogP contribution < -0.4 is 4.74 Å². The molecular formula is C25H34N4O3S. The van der Waals surface area contributed by atoms with Gasteiger partial charge in [-0.25, -0.2) is 4.79 Å². The van der Waals surface area contributed by atoms with Crippen LogP contribution in [-0.2, 0) is 0 Å².